The summed E-state index contributed by atoms with van der Waals surface area (Å²) in [6.07, 6.45) is -5.12. The van der Waals surface area contributed by atoms with Gasteiger partial charge in [0.1, 0.15) is 12.2 Å². The first-order chi connectivity index (χ1) is 8.95. The number of aliphatic carboxylic acids is 1. The Morgan fingerprint density at radius 2 is 2.11 bits per heavy atom. The molecule has 104 valence electrons. The molecule has 5 N–H and O–H groups in total. The summed E-state index contributed by atoms with van der Waals surface area (Å²) in [5.41, 5.74) is 0.774. The highest BCUT2D eigenvalue weighted by molar-refractivity contribution is 5.73. The van der Waals surface area contributed by atoms with Crippen LogP contribution < -0.4 is 11.2 Å². The number of nitrogens with zero attached hydrogens (tertiary/aromatic N) is 2. The maximum atomic E-state index is 11.6. The third-order valence-corrected chi connectivity index (χ3v) is 2.70. The van der Waals surface area contributed by atoms with Gasteiger partial charge in [-0.25, -0.2) is 9.59 Å². The molecule has 2 rings (SSSR count). The third-order valence-electron chi connectivity index (χ3n) is 2.70. The molecule has 0 radical (unpaired) electrons. The number of aromatic nitrogens is 2. The quantitative estimate of drug-likeness (QED) is 0.384. The van der Waals surface area contributed by atoms with Crippen LogP contribution >= 0.6 is 0 Å². The average Bonchev–Trinajstić information content (AvgIpc) is 2.66. The van der Waals surface area contributed by atoms with Gasteiger partial charge in [0.2, 0.25) is 0 Å². The highest BCUT2D eigenvalue weighted by atomic mass is 16.6. The van der Waals surface area contributed by atoms with E-state index in [1.165, 1.54) is 6.07 Å². The van der Waals surface area contributed by atoms with E-state index in [4.69, 9.17) is 15.1 Å². The van der Waals surface area contributed by atoms with Gasteiger partial charge in [0.25, 0.3) is 0 Å². The Labute approximate surface area is 105 Å². The molecule has 1 aliphatic rings. The van der Waals surface area contributed by atoms with Gasteiger partial charge in [-0.15, -0.1) is 0 Å². The lowest BCUT2D eigenvalue weighted by Crippen LogP contribution is -2.37. The van der Waals surface area contributed by atoms with Gasteiger partial charge in [0.05, 0.1) is 0 Å². The first-order valence-electron chi connectivity index (χ1n) is 5.19. The zero-order chi connectivity index (χ0) is 14.2. The molecule has 0 amide bonds. The predicted octanol–water partition coefficient (Wildman–Crippen LogP) is -2.25. The Morgan fingerprint density at radius 3 is 2.58 bits per heavy atom. The SMILES string of the molecule is O=C(O)[C@H]1O[C@@H](n2ccc(NO)nc2=O)[C@H](O)[C@@H]1O. The van der Waals surface area contributed by atoms with Gasteiger partial charge >= 0.3 is 11.7 Å². The number of hydrogen-bond donors (Lipinski definition) is 5. The largest absolute Gasteiger partial charge is 0.479 e. The standard InChI is InChI=1S/C9H11N3O7/c13-4-5(14)7(19-6(4)8(15)16)12-2-1-3(11-18)10-9(12)17/h1-2,4-7,13-14,18H,(H,15,16)(H,10,11,17)/t4-,5+,6-,7+/m0/s1. The van der Waals surface area contributed by atoms with E-state index >= 15 is 0 Å². The second-order valence-corrected chi connectivity index (χ2v) is 3.88. The van der Waals surface area contributed by atoms with Crippen LogP contribution in [0.25, 0.3) is 0 Å². The summed E-state index contributed by atoms with van der Waals surface area (Å²) < 4.78 is 5.75. The summed E-state index contributed by atoms with van der Waals surface area (Å²) in [5, 5.41) is 36.5. The van der Waals surface area contributed by atoms with Gasteiger partial charge in [-0.1, -0.05) is 0 Å². The minimum Gasteiger partial charge on any atom is -0.479 e. The number of aliphatic hydroxyl groups excluding tert-OH is 2. The zero-order valence-corrected chi connectivity index (χ0v) is 9.37. The number of aliphatic hydroxyl groups is 2. The highest BCUT2D eigenvalue weighted by Gasteiger charge is 2.47. The molecule has 0 spiro atoms. The van der Waals surface area contributed by atoms with Crippen LogP contribution in [0.5, 0.6) is 0 Å². The predicted molar refractivity (Wildman–Crippen MR) is 57.5 cm³/mol. The number of ether oxygens (including phenoxy) is 1. The van der Waals surface area contributed by atoms with E-state index in [-0.39, 0.29) is 5.82 Å². The molecule has 4 atom stereocenters. The first-order valence-corrected chi connectivity index (χ1v) is 5.19. The van der Waals surface area contributed by atoms with Crippen molar-refractivity contribution in [2.75, 3.05) is 5.48 Å². The molecule has 1 saturated heterocycles. The van der Waals surface area contributed by atoms with Gasteiger partial charge in [-0.3, -0.25) is 15.3 Å². The molecule has 0 aliphatic carbocycles. The lowest BCUT2D eigenvalue weighted by Gasteiger charge is -2.16. The fraction of sp³-hybridized carbons (Fsp3) is 0.444. The molecule has 0 aromatic carbocycles. The molecule has 0 saturated carbocycles. The second-order valence-electron chi connectivity index (χ2n) is 3.88. The molecule has 0 bridgehead atoms. The van der Waals surface area contributed by atoms with Crippen LogP contribution in [0.1, 0.15) is 6.23 Å². The van der Waals surface area contributed by atoms with Gasteiger partial charge in [0, 0.05) is 6.20 Å². The average molecular weight is 273 g/mol. The van der Waals surface area contributed by atoms with Crippen LogP contribution in [-0.2, 0) is 9.53 Å². The van der Waals surface area contributed by atoms with E-state index in [0.717, 1.165) is 10.8 Å². The lowest BCUT2D eigenvalue weighted by molar-refractivity contribution is -0.155. The molecule has 1 aromatic heterocycles. The smallest absolute Gasteiger partial charge is 0.351 e. The number of carboxylic acid groups (broad SMARTS) is 1. The molecule has 19 heavy (non-hydrogen) atoms. The van der Waals surface area contributed by atoms with Crippen LogP contribution in [0, 0.1) is 0 Å². The number of nitrogens with one attached hydrogen (secondary N) is 1. The van der Waals surface area contributed by atoms with Crippen LogP contribution in [0.4, 0.5) is 5.82 Å². The van der Waals surface area contributed by atoms with Crippen molar-refractivity contribution < 1.29 is 30.1 Å². The summed E-state index contributed by atoms with van der Waals surface area (Å²) in [5.74, 6) is -1.58. The van der Waals surface area contributed by atoms with E-state index in [2.05, 4.69) is 4.98 Å². The van der Waals surface area contributed by atoms with Crippen LogP contribution in [0.15, 0.2) is 17.1 Å². The van der Waals surface area contributed by atoms with Crippen LogP contribution in [-0.4, -0.2) is 54.4 Å². The van der Waals surface area contributed by atoms with Gasteiger partial charge in [0.15, 0.2) is 18.1 Å². The Balaban J connectivity index is 2.33. The van der Waals surface area contributed by atoms with Crippen molar-refractivity contribution in [2.24, 2.45) is 0 Å². The second kappa shape index (κ2) is 4.93. The Kier molecular flexibility index (Phi) is 3.48. The van der Waals surface area contributed by atoms with Crippen LogP contribution in [0.2, 0.25) is 0 Å². The van der Waals surface area contributed by atoms with Gasteiger partial charge in [-0.05, 0) is 6.07 Å². The van der Waals surface area contributed by atoms with Crippen molar-refractivity contribution >= 4 is 11.8 Å². The Morgan fingerprint density at radius 1 is 1.42 bits per heavy atom. The van der Waals surface area contributed by atoms with Crippen molar-refractivity contribution in [1.82, 2.24) is 9.55 Å². The minimum atomic E-state index is -1.66. The molecular formula is C9H11N3O7. The molecule has 0 unspecified atom stereocenters. The Hall–Kier alpha value is -2.01. The summed E-state index contributed by atoms with van der Waals surface area (Å²) in [6, 6.07) is 1.21. The van der Waals surface area contributed by atoms with E-state index in [1.807, 2.05) is 0 Å². The Bertz CT molecular complexity index is 545. The molecule has 1 aromatic rings. The van der Waals surface area contributed by atoms with Crippen molar-refractivity contribution in [2.45, 2.75) is 24.5 Å². The molecular weight excluding hydrogens is 262 g/mol. The summed E-state index contributed by atoms with van der Waals surface area (Å²) in [7, 11) is 0. The molecule has 1 aliphatic heterocycles. The maximum Gasteiger partial charge on any atom is 0.351 e. The molecule has 10 heteroatoms. The topological polar surface area (TPSA) is 154 Å². The van der Waals surface area contributed by atoms with Crippen molar-refractivity contribution in [3.63, 3.8) is 0 Å². The van der Waals surface area contributed by atoms with E-state index in [9.17, 15) is 19.8 Å². The summed E-state index contributed by atoms with van der Waals surface area (Å²) in [6.45, 7) is 0. The van der Waals surface area contributed by atoms with Crippen LogP contribution in [0.3, 0.4) is 0 Å². The first kappa shape index (κ1) is 13.4. The number of hydrogen-bond acceptors (Lipinski definition) is 8. The number of rotatable bonds is 3. The minimum absolute atomic E-state index is 0.121. The summed E-state index contributed by atoms with van der Waals surface area (Å²) in [4.78, 5) is 25.8. The van der Waals surface area contributed by atoms with Gasteiger partial charge in [-0.2, -0.15) is 4.98 Å². The lowest BCUT2D eigenvalue weighted by atomic mass is 10.1. The zero-order valence-electron chi connectivity index (χ0n) is 9.37. The highest BCUT2D eigenvalue weighted by Crippen LogP contribution is 2.28. The van der Waals surface area contributed by atoms with E-state index < -0.39 is 36.2 Å². The number of carbonyl (C=O) groups is 1. The normalized spacial score (nSPS) is 30.3. The third kappa shape index (κ3) is 2.29. The van der Waals surface area contributed by atoms with Gasteiger partial charge < -0.3 is 20.1 Å². The molecule has 1 fully saturated rings. The molecule has 10 nitrogen and oxygen atoms in total. The number of anilines is 1. The van der Waals surface area contributed by atoms with E-state index in [1.54, 1.807) is 5.48 Å². The maximum absolute atomic E-state index is 11.6. The fourth-order valence-electron chi connectivity index (χ4n) is 1.76. The van der Waals surface area contributed by atoms with Crippen molar-refractivity contribution in [3.05, 3.63) is 22.7 Å². The fourth-order valence-corrected chi connectivity index (χ4v) is 1.76. The molecule has 2 heterocycles. The van der Waals surface area contributed by atoms with Crippen molar-refractivity contribution in [3.8, 4) is 0 Å². The van der Waals surface area contributed by atoms with Crippen molar-refractivity contribution in [1.29, 1.82) is 0 Å². The number of carboxylic acids is 1. The summed E-state index contributed by atoms with van der Waals surface area (Å²) >= 11 is 0. The van der Waals surface area contributed by atoms with E-state index in [0.29, 0.717) is 0 Å². The monoisotopic (exact) mass is 273 g/mol.